The van der Waals surface area contributed by atoms with Crippen LogP contribution in [0, 0.1) is 0 Å². The molecule has 4 N–H and O–H groups in total. The third-order valence-corrected chi connectivity index (χ3v) is 5.33. The highest BCUT2D eigenvalue weighted by Crippen LogP contribution is 2.31. The van der Waals surface area contributed by atoms with Gasteiger partial charge in [0.15, 0.2) is 0 Å². The van der Waals surface area contributed by atoms with Crippen LogP contribution >= 0.6 is 8.60 Å². The molecule has 0 radical (unpaired) electrons. The van der Waals surface area contributed by atoms with E-state index in [1.54, 1.807) is 0 Å². The summed E-state index contributed by atoms with van der Waals surface area (Å²) in [6.45, 7) is 3.97. The fraction of sp³-hybridized carbons (Fsp3) is 0.684. The van der Waals surface area contributed by atoms with Gasteiger partial charge in [-0.25, -0.2) is 0 Å². The Bertz CT molecular complexity index is 498. The summed E-state index contributed by atoms with van der Waals surface area (Å²) in [5, 5.41) is 0. The Morgan fingerprint density at radius 1 is 1.12 bits per heavy atom. The average molecular weight is 368 g/mol. The topological polar surface area (TPSA) is 79.0 Å². The zero-order chi connectivity index (χ0) is 18.1. The molecular formula is C19H33N2O3P. The van der Waals surface area contributed by atoms with E-state index < -0.39 is 14.1 Å². The van der Waals surface area contributed by atoms with Crippen LogP contribution in [-0.4, -0.2) is 35.0 Å². The molecule has 1 fully saturated rings. The average Bonchev–Trinajstić information content (AvgIpc) is 3.00. The number of benzene rings is 1. The second kappa shape index (κ2) is 10.4. The van der Waals surface area contributed by atoms with E-state index in [1.165, 1.54) is 49.8 Å². The Morgan fingerprint density at radius 2 is 1.80 bits per heavy atom. The van der Waals surface area contributed by atoms with Gasteiger partial charge in [0.25, 0.3) is 0 Å². The summed E-state index contributed by atoms with van der Waals surface area (Å²) in [5.74, 6) is 0. The van der Waals surface area contributed by atoms with Crippen LogP contribution in [0.25, 0.3) is 0 Å². The van der Waals surface area contributed by atoms with E-state index in [0.29, 0.717) is 6.54 Å². The van der Waals surface area contributed by atoms with Gasteiger partial charge >= 0.3 is 8.60 Å². The molecule has 0 spiro atoms. The molecule has 1 heterocycles. The van der Waals surface area contributed by atoms with Gasteiger partial charge < -0.3 is 24.9 Å². The van der Waals surface area contributed by atoms with Crippen LogP contribution in [0.2, 0.25) is 0 Å². The van der Waals surface area contributed by atoms with Crippen molar-refractivity contribution < 1.29 is 14.3 Å². The van der Waals surface area contributed by atoms with Gasteiger partial charge in [-0.3, -0.25) is 0 Å². The summed E-state index contributed by atoms with van der Waals surface area (Å²) < 4.78 is 4.94. The van der Waals surface area contributed by atoms with Crippen LogP contribution in [0.1, 0.15) is 57.4 Å². The first-order valence-corrected chi connectivity index (χ1v) is 10.6. The summed E-state index contributed by atoms with van der Waals surface area (Å²) in [5.41, 5.74) is 8.36. The summed E-state index contributed by atoms with van der Waals surface area (Å²) in [4.78, 5) is 20.0. The molecule has 1 unspecified atom stereocenters. The van der Waals surface area contributed by atoms with Gasteiger partial charge in [0.1, 0.15) is 0 Å². The SMILES string of the molecule is CCCCCCCCc1ccc(N2CCC(N)(COP(O)O)C2)cc1. The molecule has 1 saturated heterocycles. The Balaban J connectivity index is 1.74. The Kier molecular flexibility index (Phi) is 8.60. The molecule has 0 aromatic heterocycles. The van der Waals surface area contributed by atoms with Gasteiger partial charge in [0.2, 0.25) is 0 Å². The minimum Gasteiger partial charge on any atom is -0.370 e. The van der Waals surface area contributed by atoms with E-state index in [9.17, 15) is 0 Å². The van der Waals surface area contributed by atoms with Crippen LogP contribution in [0.5, 0.6) is 0 Å². The van der Waals surface area contributed by atoms with E-state index in [4.69, 9.17) is 20.0 Å². The molecule has 25 heavy (non-hydrogen) atoms. The minimum absolute atomic E-state index is 0.179. The number of nitrogens with zero attached hydrogens (tertiary/aromatic N) is 1. The van der Waals surface area contributed by atoms with Gasteiger partial charge in [-0.2, -0.15) is 0 Å². The Morgan fingerprint density at radius 3 is 2.48 bits per heavy atom. The fourth-order valence-electron chi connectivity index (χ4n) is 3.40. The van der Waals surface area contributed by atoms with Crippen molar-refractivity contribution in [2.75, 3.05) is 24.6 Å². The van der Waals surface area contributed by atoms with Crippen molar-refractivity contribution in [3.63, 3.8) is 0 Å². The first-order chi connectivity index (χ1) is 12.0. The normalized spacial score (nSPS) is 20.6. The molecule has 1 atom stereocenters. The standard InChI is InChI=1S/C19H33N2O3P/c1-2-3-4-5-6-7-8-17-9-11-18(12-10-17)21-14-13-19(20,15-21)16-24-25(22)23/h9-12,22-23H,2-8,13-16,20H2,1H3. The third-order valence-electron chi connectivity index (χ3n) is 4.97. The Hall–Kier alpha value is -0.710. The molecule has 1 aromatic rings. The maximum Gasteiger partial charge on any atom is 0.327 e. The van der Waals surface area contributed by atoms with Crippen LogP contribution in [0.4, 0.5) is 5.69 Å². The number of hydrogen-bond acceptors (Lipinski definition) is 5. The molecule has 0 saturated carbocycles. The van der Waals surface area contributed by atoms with Crippen molar-refractivity contribution in [2.24, 2.45) is 5.73 Å². The highest BCUT2D eigenvalue weighted by atomic mass is 31.2. The van der Waals surface area contributed by atoms with Gasteiger partial charge in [-0.15, -0.1) is 0 Å². The third kappa shape index (κ3) is 7.20. The van der Waals surface area contributed by atoms with E-state index in [2.05, 4.69) is 36.1 Å². The highest BCUT2D eigenvalue weighted by Gasteiger charge is 2.35. The van der Waals surface area contributed by atoms with Crippen molar-refractivity contribution in [1.29, 1.82) is 0 Å². The molecular weight excluding hydrogens is 335 g/mol. The lowest BCUT2D eigenvalue weighted by Crippen LogP contribution is -2.46. The first kappa shape index (κ1) is 20.6. The van der Waals surface area contributed by atoms with Crippen molar-refractivity contribution in [3.8, 4) is 0 Å². The maximum atomic E-state index is 8.90. The van der Waals surface area contributed by atoms with E-state index >= 15 is 0 Å². The lowest BCUT2D eigenvalue weighted by Gasteiger charge is -2.25. The molecule has 0 aliphatic carbocycles. The zero-order valence-electron chi connectivity index (χ0n) is 15.4. The zero-order valence-corrected chi connectivity index (χ0v) is 16.3. The molecule has 0 bridgehead atoms. The summed E-state index contributed by atoms with van der Waals surface area (Å²) in [6.07, 6.45) is 9.90. The van der Waals surface area contributed by atoms with E-state index in [0.717, 1.165) is 19.4 Å². The number of anilines is 1. The quantitative estimate of drug-likeness (QED) is 0.410. The number of unbranched alkanes of at least 4 members (excludes halogenated alkanes) is 5. The lowest BCUT2D eigenvalue weighted by atomic mass is 10.0. The van der Waals surface area contributed by atoms with Crippen molar-refractivity contribution in [1.82, 2.24) is 0 Å². The van der Waals surface area contributed by atoms with Crippen LogP contribution < -0.4 is 10.6 Å². The van der Waals surface area contributed by atoms with E-state index in [1.807, 2.05) is 0 Å². The fourth-order valence-corrected chi connectivity index (χ4v) is 3.78. The molecule has 0 amide bonds. The van der Waals surface area contributed by atoms with Crippen LogP contribution in [0.3, 0.4) is 0 Å². The van der Waals surface area contributed by atoms with Gasteiger partial charge in [-0.1, -0.05) is 51.2 Å². The van der Waals surface area contributed by atoms with Gasteiger partial charge in [0, 0.05) is 18.8 Å². The molecule has 2 rings (SSSR count). The molecule has 142 valence electrons. The van der Waals surface area contributed by atoms with Crippen molar-refractivity contribution in [3.05, 3.63) is 29.8 Å². The summed E-state index contributed by atoms with van der Waals surface area (Å²) in [6, 6.07) is 8.78. The van der Waals surface area contributed by atoms with Crippen LogP contribution in [-0.2, 0) is 10.9 Å². The molecule has 6 heteroatoms. The molecule has 1 aliphatic heterocycles. The summed E-state index contributed by atoms with van der Waals surface area (Å²) >= 11 is 0. The number of aryl methyl sites for hydroxylation is 1. The number of rotatable bonds is 11. The maximum absolute atomic E-state index is 8.90. The van der Waals surface area contributed by atoms with Crippen LogP contribution in [0.15, 0.2) is 24.3 Å². The second-order valence-corrected chi connectivity index (χ2v) is 8.01. The lowest BCUT2D eigenvalue weighted by molar-refractivity contribution is 0.199. The van der Waals surface area contributed by atoms with Crippen molar-refractivity contribution in [2.45, 2.75) is 63.8 Å². The smallest absolute Gasteiger partial charge is 0.327 e. The van der Waals surface area contributed by atoms with E-state index in [-0.39, 0.29) is 6.61 Å². The minimum atomic E-state index is -2.33. The highest BCUT2D eigenvalue weighted by molar-refractivity contribution is 7.39. The van der Waals surface area contributed by atoms with Crippen molar-refractivity contribution >= 4 is 14.3 Å². The monoisotopic (exact) mass is 368 g/mol. The molecule has 5 nitrogen and oxygen atoms in total. The van der Waals surface area contributed by atoms with Gasteiger partial charge in [0.05, 0.1) is 12.1 Å². The predicted molar refractivity (Wildman–Crippen MR) is 105 cm³/mol. The Labute approximate surface area is 153 Å². The molecule has 1 aliphatic rings. The number of hydrogen-bond donors (Lipinski definition) is 3. The largest absolute Gasteiger partial charge is 0.370 e. The predicted octanol–water partition coefficient (Wildman–Crippen LogP) is 3.73. The second-order valence-electron chi connectivity index (χ2n) is 7.24. The first-order valence-electron chi connectivity index (χ1n) is 9.46. The number of nitrogens with two attached hydrogens (primary N) is 1. The van der Waals surface area contributed by atoms with Gasteiger partial charge in [-0.05, 0) is 37.0 Å². The summed E-state index contributed by atoms with van der Waals surface area (Å²) in [7, 11) is -2.33. The molecule has 1 aromatic carbocycles.